The number of aromatic nitrogens is 1. The lowest BCUT2D eigenvalue weighted by Crippen LogP contribution is -2.39. The van der Waals surface area contributed by atoms with Gasteiger partial charge in [0, 0.05) is 29.1 Å². The molecule has 1 aliphatic rings. The van der Waals surface area contributed by atoms with Crippen molar-refractivity contribution in [2.45, 2.75) is 51.6 Å². The summed E-state index contributed by atoms with van der Waals surface area (Å²) in [6, 6.07) is 12.6. The summed E-state index contributed by atoms with van der Waals surface area (Å²) in [7, 11) is 0. The van der Waals surface area contributed by atoms with Crippen LogP contribution in [0.15, 0.2) is 42.5 Å². The molecule has 0 spiro atoms. The van der Waals surface area contributed by atoms with E-state index < -0.39 is 5.97 Å². The van der Waals surface area contributed by atoms with Crippen LogP contribution in [0.2, 0.25) is 0 Å². The van der Waals surface area contributed by atoms with E-state index in [4.69, 9.17) is 0 Å². The van der Waals surface area contributed by atoms with Crippen molar-refractivity contribution in [2.24, 2.45) is 0 Å². The summed E-state index contributed by atoms with van der Waals surface area (Å²) >= 11 is 0. The van der Waals surface area contributed by atoms with E-state index in [0.29, 0.717) is 25.7 Å². The Morgan fingerprint density at radius 2 is 1.97 bits per heavy atom. The Hall–Kier alpha value is -3.15. The minimum absolute atomic E-state index is 0.00415. The third kappa shape index (κ3) is 4.22. The largest absolute Gasteiger partial charge is 0.480 e. The van der Waals surface area contributed by atoms with E-state index in [1.54, 1.807) is 10.6 Å². The Balaban J connectivity index is 1.48. The minimum atomic E-state index is -0.925. The zero-order valence-electron chi connectivity index (χ0n) is 17.0. The Morgan fingerprint density at radius 1 is 1.20 bits per heavy atom. The second-order valence-corrected chi connectivity index (χ2v) is 8.06. The number of amides is 1. The number of carbonyl (C=O) groups excluding carboxylic acids is 1. The second-order valence-electron chi connectivity index (χ2n) is 8.06. The molecule has 2 aromatic carbocycles. The van der Waals surface area contributed by atoms with Crippen LogP contribution in [0.5, 0.6) is 0 Å². The summed E-state index contributed by atoms with van der Waals surface area (Å²) in [6.45, 7) is 1.89. The summed E-state index contributed by atoms with van der Waals surface area (Å²) in [4.78, 5) is 23.8. The minimum Gasteiger partial charge on any atom is -0.480 e. The van der Waals surface area contributed by atoms with Gasteiger partial charge in [0.2, 0.25) is 5.91 Å². The van der Waals surface area contributed by atoms with Crippen LogP contribution in [-0.4, -0.2) is 27.6 Å². The highest BCUT2D eigenvalue weighted by Gasteiger charge is 2.27. The van der Waals surface area contributed by atoms with Gasteiger partial charge < -0.3 is 15.0 Å². The predicted octanol–water partition coefficient (Wildman–Crippen LogP) is 3.78. The van der Waals surface area contributed by atoms with E-state index in [1.807, 2.05) is 31.2 Å². The maximum absolute atomic E-state index is 13.9. The van der Waals surface area contributed by atoms with Gasteiger partial charge in [0.25, 0.3) is 0 Å². The molecular formula is C24H25FN2O3. The molecule has 1 atom stereocenters. The van der Waals surface area contributed by atoms with Gasteiger partial charge in [-0.3, -0.25) is 9.59 Å². The van der Waals surface area contributed by atoms with E-state index in [-0.39, 0.29) is 24.3 Å². The Bertz CT molecular complexity index is 1100. The molecular weight excluding hydrogens is 383 g/mol. The number of fused-ring (bicyclic) bond motifs is 3. The number of carboxylic acids is 1. The molecule has 0 aliphatic heterocycles. The molecule has 5 nitrogen and oxygen atoms in total. The monoisotopic (exact) mass is 408 g/mol. The molecule has 1 aliphatic carbocycles. The van der Waals surface area contributed by atoms with E-state index in [9.17, 15) is 19.1 Å². The van der Waals surface area contributed by atoms with Crippen LogP contribution in [0.25, 0.3) is 10.9 Å². The number of benzene rings is 2. The van der Waals surface area contributed by atoms with Gasteiger partial charge >= 0.3 is 5.97 Å². The average Bonchev–Trinajstić information content (AvgIpc) is 2.99. The van der Waals surface area contributed by atoms with Crippen molar-refractivity contribution in [1.82, 2.24) is 9.88 Å². The lowest BCUT2D eigenvalue weighted by Gasteiger charge is -2.25. The van der Waals surface area contributed by atoms with Gasteiger partial charge in [-0.05, 0) is 61.9 Å². The molecule has 156 valence electrons. The first kappa shape index (κ1) is 20.1. The van der Waals surface area contributed by atoms with Crippen LogP contribution in [0.4, 0.5) is 4.39 Å². The van der Waals surface area contributed by atoms with Crippen molar-refractivity contribution in [1.29, 1.82) is 0 Å². The summed E-state index contributed by atoms with van der Waals surface area (Å²) in [5, 5.41) is 13.1. The maximum atomic E-state index is 13.9. The number of hydrogen-bond acceptors (Lipinski definition) is 2. The number of nitrogens with zero attached hydrogens (tertiary/aromatic N) is 1. The number of carboxylic acid groups (broad SMARTS) is 1. The summed E-state index contributed by atoms with van der Waals surface area (Å²) in [5.41, 5.74) is 4.94. The van der Waals surface area contributed by atoms with Gasteiger partial charge in [-0.1, -0.05) is 29.8 Å². The van der Waals surface area contributed by atoms with Gasteiger partial charge in [-0.15, -0.1) is 0 Å². The fourth-order valence-corrected chi connectivity index (χ4v) is 4.37. The fraction of sp³-hybridized carbons (Fsp3) is 0.333. The number of hydrogen-bond donors (Lipinski definition) is 2. The molecule has 1 amide bonds. The smallest absolute Gasteiger partial charge is 0.323 e. The molecule has 2 N–H and O–H groups in total. The zero-order valence-corrected chi connectivity index (χ0v) is 17.0. The van der Waals surface area contributed by atoms with Crippen LogP contribution in [-0.2, 0) is 35.4 Å². The van der Waals surface area contributed by atoms with E-state index in [0.717, 1.165) is 34.1 Å². The van der Waals surface area contributed by atoms with Crippen LogP contribution in [0.1, 0.15) is 35.2 Å². The molecule has 0 bridgehead atoms. The van der Waals surface area contributed by atoms with Crippen molar-refractivity contribution in [3.8, 4) is 0 Å². The highest BCUT2D eigenvalue weighted by atomic mass is 19.1. The molecule has 0 unspecified atom stereocenters. The first-order valence-corrected chi connectivity index (χ1v) is 10.3. The van der Waals surface area contributed by atoms with Crippen molar-refractivity contribution in [3.63, 3.8) is 0 Å². The lowest BCUT2D eigenvalue weighted by atomic mass is 9.91. The van der Waals surface area contributed by atoms with Crippen LogP contribution >= 0.6 is 0 Å². The number of rotatable bonds is 6. The normalized spacial score (nSPS) is 15.7. The van der Waals surface area contributed by atoms with Crippen molar-refractivity contribution < 1.29 is 19.1 Å². The van der Waals surface area contributed by atoms with Gasteiger partial charge in [-0.25, -0.2) is 4.39 Å². The quantitative estimate of drug-likeness (QED) is 0.652. The lowest BCUT2D eigenvalue weighted by molar-refractivity contribution is -0.137. The van der Waals surface area contributed by atoms with E-state index in [1.165, 1.54) is 17.7 Å². The third-order valence-corrected chi connectivity index (χ3v) is 5.85. The van der Waals surface area contributed by atoms with Crippen LogP contribution in [0.3, 0.4) is 0 Å². The average molecular weight is 408 g/mol. The summed E-state index contributed by atoms with van der Waals surface area (Å²) < 4.78 is 15.6. The molecule has 1 heterocycles. The van der Waals surface area contributed by atoms with Crippen LogP contribution in [0, 0.1) is 12.7 Å². The van der Waals surface area contributed by atoms with E-state index >= 15 is 0 Å². The molecule has 0 fully saturated rings. The Morgan fingerprint density at radius 3 is 2.70 bits per heavy atom. The molecule has 0 radical (unpaired) electrons. The highest BCUT2D eigenvalue weighted by molar-refractivity contribution is 5.87. The zero-order chi connectivity index (χ0) is 21.3. The van der Waals surface area contributed by atoms with Crippen molar-refractivity contribution >= 4 is 22.8 Å². The number of halogens is 1. The standard InChI is InChI=1S/C24H25FN2O3/c1-15-2-4-16(5-3-15)6-11-23(28)26-18-8-10-22-20(13-18)19-12-17(25)7-9-21(19)27(22)14-24(29)30/h2-5,7,9,12,18H,6,8,10-11,13-14H2,1H3,(H,26,28)(H,29,30)/t18-/m1/s1. The van der Waals surface area contributed by atoms with Crippen LogP contribution < -0.4 is 5.32 Å². The highest BCUT2D eigenvalue weighted by Crippen LogP contribution is 2.33. The molecule has 4 rings (SSSR count). The van der Waals surface area contributed by atoms with Crippen molar-refractivity contribution in [3.05, 3.63) is 70.7 Å². The molecule has 0 saturated heterocycles. The van der Waals surface area contributed by atoms with E-state index in [2.05, 4.69) is 5.32 Å². The first-order chi connectivity index (χ1) is 14.4. The maximum Gasteiger partial charge on any atom is 0.323 e. The van der Waals surface area contributed by atoms with Gasteiger partial charge in [-0.2, -0.15) is 0 Å². The fourth-order valence-electron chi connectivity index (χ4n) is 4.37. The van der Waals surface area contributed by atoms with Gasteiger partial charge in [0.15, 0.2) is 0 Å². The number of aryl methyl sites for hydroxylation is 2. The van der Waals surface area contributed by atoms with Crippen molar-refractivity contribution in [2.75, 3.05) is 0 Å². The van der Waals surface area contributed by atoms with Gasteiger partial charge in [0.05, 0.1) is 0 Å². The predicted molar refractivity (Wildman–Crippen MR) is 113 cm³/mol. The Kier molecular flexibility index (Phi) is 5.57. The third-order valence-electron chi connectivity index (χ3n) is 5.85. The SMILES string of the molecule is Cc1ccc(CCC(=O)N[C@@H]2CCc3c(c4cc(F)ccc4n3CC(=O)O)C2)cc1. The summed E-state index contributed by atoms with van der Waals surface area (Å²) in [5.74, 6) is -1.27. The first-order valence-electron chi connectivity index (χ1n) is 10.3. The molecule has 30 heavy (non-hydrogen) atoms. The number of carbonyl (C=O) groups is 2. The Labute approximate surface area is 174 Å². The molecule has 3 aromatic rings. The topological polar surface area (TPSA) is 71.3 Å². The summed E-state index contributed by atoms with van der Waals surface area (Å²) in [6.07, 6.45) is 3.08. The second kappa shape index (κ2) is 8.30. The number of nitrogens with one attached hydrogen (secondary N) is 1. The van der Waals surface area contributed by atoms with Gasteiger partial charge in [0.1, 0.15) is 12.4 Å². The number of aliphatic carboxylic acids is 1. The molecule has 1 aromatic heterocycles. The molecule has 6 heteroatoms. The molecule has 0 saturated carbocycles.